The van der Waals surface area contributed by atoms with Crippen LogP contribution < -0.4 is 10.1 Å². The van der Waals surface area contributed by atoms with Gasteiger partial charge in [0.2, 0.25) is 0 Å². The van der Waals surface area contributed by atoms with E-state index >= 15 is 0 Å². The summed E-state index contributed by atoms with van der Waals surface area (Å²) in [6, 6.07) is 0. The lowest BCUT2D eigenvalue weighted by Gasteiger charge is -2.02. The Balaban J connectivity index is 3.19. The summed E-state index contributed by atoms with van der Waals surface area (Å²) in [6.07, 6.45) is 0. The SMILES string of the molecule is Cc1nc(C(C)C)sc1P(C)(N)=O. The summed E-state index contributed by atoms with van der Waals surface area (Å²) in [4.78, 5) is 4.34. The summed E-state index contributed by atoms with van der Waals surface area (Å²) in [5.74, 6) is 0.379. The highest BCUT2D eigenvalue weighted by atomic mass is 32.1. The van der Waals surface area contributed by atoms with Crippen molar-refractivity contribution in [3.8, 4) is 0 Å². The van der Waals surface area contributed by atoms with E-state index in [9.17, 15) is 4.57 Å². The van der Waals surface area contributed by atoms with E-state index in [4.69, 9.17) is 5.50 Å². The molecule has 74 valence electrons. The van der Waals surface area contributed by atoms with Crippen LogP contribution in [-0.2, 0) is 4.57 Å². The van der Waals surface area contributed by atoms with Crippen molar-refractivity contribution < 1.29 is 4.57 Å². The molecule has 1 aromatic heterocycles. The van der Waals surface area contributed by atoms with Gasteiger partial charge < -0.3 is 4.57 Å². The zero-order chi connectivity index (χ0) is 10.2. The van der Waals surface area contributed by atoms with Gasteiger partial charge in [-0.25, -0.2) is 4.98 Å². The molecule has 0 spiro atoms. The Labute approximate surface area is 82.8 Å². The van der Waals surface area contributed by atoms with Crippen molar-refractivity contribution in [1.29, 1.82) is 0 Å². The average Bonchev–Trinajstić information content (AvgIpc) is 2.29. The fourth-order valence-corrected chi connectivity index (χ4v) is 3.58. The third-order valence-corrected chi connectivity index (χ3v) is 5.44. The Bertz CT molecular complexity index is 353. The molecule has 5 heteroatoms. The number of nitrogens with zero attached hydrogens (tertiary/aromatic N) is 1. The van der Waals surface area contributed by atoms with Gasteiger partial charge in [0, 0.05) is 12.6 Å². The number of aryl methyl sites for hydroxylation is 1. The van der Waals surface area contributed by atoms with Gasteiger partial charge in [0.15, 0.2) is 7.29 Å². The number of hydrogen-bond donors (Lipinski definition) is 1. The van der Waals surface area contributed by atoms with E-state index in [1.807, 2.05) is 6.92 Å². The van der Waals surface area contributed by atoms with E-state index in [-0.39, 0.29) is 0 Å². The first-order chi connectivity index (χ1) is 5.82. The minimum atomic E-state index is -2.62. The smallest absolute Gasteiger partial charge is 0.182 e. The summed E-state index contributed by atoms with van der Waals surface area (Å²) in [6.45, 7) is 7.58. The Kier molecular flexibility index (Phi) is 2.95. The predicted octanol–water partition coefficient (Wildman–Crippen LogP) is 2.07. The Morgan fingerprint density at radius 3 is 2.31 bits per heavy atom. The zero-order valence-corrected chi connectivity index (χ0v) is 10.1. The van der Waals surface area contributed by atoms with E-state index in [2.05, 4.69) is 18.8 Å². The first-order valence-corrected chi connectivity index (χ1v) is 7.20. The van der Waals surface area contributed by atoms with Gasteiger partial charge in [-0.3, -0.25) is 5.50 Å². The molecule has 1 atom stereocenters. The molecule has 0 bridgehead atoms. The Hall–Kier alpha value is -0.180. The van der Waals surface area contributed by atoms with Gasteiger partial charge in [-0.15, -0.1) is 11.3 Å². The molecule has 2 N–H and O–H groups in total. The lowest BCUT2D eigenvalue weighted by molar-refractivity contribution is 0.586. The van der Waals surface area contributed by atoms with Crippen LogP contribution in [0.1, 0.15) is 30.5 Å². The average molecular weight is 218 g/mol. The van der Waals surface area contributed by atoms with Crippen LogP contribution in [0.5, 0.6) is 0 Å². The van der Waals surface area contributed by atoms with Gasteiger partial charge in [-0.05, 0) is 6.92 Å². The normalized spacial score (nSPS) is 16.2. The fourth-order valence-electron chi connectivity index (χ4n) is 1.07. The predicted molar refractivity (Wildman–Crippen MR) is 58.3 cm³/mol. The molecule has 0 saturated carbocycles. The molecule has 0 aliphatic heterocycles. The van der Waals surface area contributed by atoms with E-state index < -0.39 is 7.29 Å². The van der Waals surface area contributed by atoms with Crippen LogP contribution in [0.25, 0.3) is 0 Å². The van der Waals surface area contributed by atoms with Crippen molar-refractivity contribution in [3.63, 3.8) is 0 Å². The van der Waals surface area contributed by atoms with Crippen LogP contribution in [0.4, 0.5) is 0 Å². The van der Waals surface area contributed by atoms with Crippen LogP contribution >= 0.6 is 18.6 Å². The first-order valence-electron chi connectivity index (χ1n) is 4.16. The van der Waals surface area contributed by atoms with E-state index in [1.165, 1.54) is 11.3 Å². The number of nitrogens with two attached hydrogens (primary N) is 1. The largest absolute Gasteiger partial charge is 0.301 e. The second-order valence-electron chi connectivity index (χ2n) is 3.59. The summed E-state index contributed by atoms with van der Waals surface area (Å²) >= 11 is 1.48. The van der Waals surface area contributed by atoms with Gasteiger partial charge in [0.25, 0.3) is 0 Å². The van der Waals surface area contributed by atoms with Crippen LogP contribution in [-0.4, -0.2) is 11.6 Å². The van der Waals surface area contributed by atoms with Crippen molar-refractivity contribution in [2.45, 2.75) is 26.7 Å². The molecule has 0 aliphatic rings. The molecule has 0 amide bonds. The second kappa shape index (κ2) is 3.52. The van der Waals surface area contributed by atoms with Crippen LogP contribution in [0.15, 0.2) is 0 Å². The fraction of sp³-hybridized carbons (Fsp3) is 0.625. The first kappa shape index (κ1) is 10.9. The minimum absolute atomic E-state index is 0.379. The second-order valence-corrected chi connectivity index (χ2v) is 7.35. The number of hydrogen-bond acceptors (Lipinski definition) is 3. The highest BCUT2D eigenvalue weighted by Gasteiger charge is 2.20. The maximum atomic E-state index is 11.6. The van der Waals surface area contributed by atoms with Crippen molar-refractivity contribution in [2.24, 2.45) is 5.50 Å². The quantitative estimate of drug-likeness (QED) is 0.773. The molecule has 0 radical (unpaired) electrons. The molecule has 1 unspecified atom stereocenters. The zero-order valence-electron chi connectivity index (χ0n) is 8.37. The topological polar surface area (TPSA) is 56.0 Å². The minimum Gasteiger partial charge on any atom is -0.301 e. The van der Waals surface area contributed by atoms with Crippen molar-refractivity contribution in [3.05, 3.63) is 10.7 Å². The van der Waals surface area contributed by atoms with Gasteiger partial charge in [0.1, 0.15) is 4.62 Å². The Morgan fingerprint density at radius 1 is 1.54 bits per heavy atom. The molecule has 3 nitrogen and oxygen atoms in total. The van der Waals surface area contributed by atoms with Crippen molar-refractivity contribution >= 4 is 23.2 Å². The number of rotatable bonds is 2. The number of aromatic nitrogens is 1. The molecule has 0 fully saturated rings. The molecule has 0 aromatic carbocycles. The maximum absolute atomic E-state index is 11.6. The van der Waals surface area contributed by atoms with Crippen molar-refractivity contribution in [2.75, 3.05) is 6.66 Å². The van der Waals surface area contributed by atoms with Crippen LogP contribution in [0.3, 0.4) is 0 Å². The molecular weight excluding hydrogens is 203 g/mol. The molecule has 1 heterocycles. The molecule has 1 rings (SSSR count). The van der Waals surface area contributed by atoms with Crippen LogP contribution in [0, 0.1) is 6.92 Å². The molecule has 0 saturated heterocycles. The monoisotopic (exact) mass is 218 g/mol. The van der Waals surface area contributed by atoms with Gasteiger partial charge >= 0.3 is 0 Å². The standard InChI is InChI=1S/C8H15N2OPS/c1-5(2)7-10-6(3)8(13-7)12(4,9)11/h5H,1-4H3,(H2,9,11). The highest BCUT2D eigenvalue weighted by molar-refractivity contribution is 7.74. The molecule has 0 aliphatic carbocycles. The van der Waals surface area contributed by atoms with Crippen LogP contribution in [0.2, 0.25) is 0 Å². The molecule has 13 heavy (non-hydrogen) atoms. The van der Waals surface area contributed by atoms with E-state index in [0.717, 1.165) is 15.3 Å². The summed E-state index contributed by atoms with van der Waals surface area (Å²) in [7, 11) is -2.62. The number of thiazole rings is 1. The van der Waals surface area contributed by atoms with Crippen molar-refractivity contribution in [1.82, 2.24) is 4.98 Å². The summed E-state index contributed by atoms with van der Waals surface area (Å²) < 4.78 is 12.4. The van der Waals surface area contributed by atoms with Gasteiger partial charge in [-0.1, -0.05) is 13.8 Å². The summed E-state index contributed by atoms with van der Waals surface area (Å²) in [5, 5.41) is 1.01. The lowest BCUT2D eigenvalue weighted by Crippen LogP contribution is -2.09. The van der Waals surface area contributed by atoms with E-state index in [0.29, 0.717) is 5.92 Å². The maximum Gasteiger partial charge on any atom is 0.182 e. The highest BCUT2D eigenvalue weighted by Crippen LogP contribution is 2.35. The lowest BCUT2D eigenvalue weighted by atomic mass is 10.2. The molecule has 1 aromatic rings. The van der Waals surface area contributed by atoms with Gasteiger partial charge in [-0.2, -0.15) is 0 Å². The molecular formula is C8H15N2OPS. The van der Waals surface area contributed by atoms with E-state index in [1.54, 1.807) is 6.66 Å². The third-order valence-electron chi connectivity index (χ3n) is 1.69. The summed E-state index contributed by atoms with van der Waals surface area (Å²) in [5.41, 5.74) is 6.42. The van der Waals surface area contributed by atoms with Gasteiger partial charge in [0.05, 0.1) is 10.7 Å². The Morgan fingerprint density at radius 2 is 2.08 bits per heavy atom. The third kappa shape index (κ3) is 2.39.